The van der Waals surface area contributed by atoms with Crippen molar-refractivity contribution in [1.29, 1.82) is 5.26 Å². The number of hydrogen-bond donors (Lipinski definition) is 0. The van der Waals surface area contributed by atoms with E-state index in [1.165, 1.54) is 44.5 Å². The first kappa shape index (κ1) is 18.0. The van der Waals surface area contributed by atoms with E-state index in [0.29, 0.717) is 5.56 Å². The van der Waals surface area contributed by atoms with Crippen LogP contribution >= 0.6 is 0 Å². The number of rotatable bonds is 5. The smallest absolute Gasteiger partial charge is 0.128 e. The fourth-order valence-electron chi connectivity index (χ4n) is 4.60. The van der Waals surface area contributed by atoms with Crippen molar-refractivity contribution in [2.45, 2.75) is 25.7 Å². The minimum absolute atomic E-state index is 0.636. The van der Waals surface area contributed by atoms with Crippen LogP contribution in [0.4, 0.5) is 5.82 Å². The molecule has 0 bridgehead atoms. The Balaban J connectivity index is 1.23. The Bertz CT molecular complexity index is 757. The highest BCUT2D eigenvalue weighted by atomic mass is 15.2. The van der Waals surface area contributed by atoms with Crippen molar-refractivity contribution in [3.8, 4) is 6.07 Å². The molecule has 0 N–H and O–H groups in total. The molecule has 4 rings (SSSR count). The SMILES string of the molecule is N#Cc1ccc(N2CC[C@H](C3CCN(CCc4ccccc4)CC3)C2)nc1. The van der Waals surface area contributed by atoms with Crippen molar-refractivity contribution < 1.29 is 0 Å². The summed E-state index contributed by atoms with van der Waals surface area (Å²) in [5.41, 5.74) is 2.08. The molecular formula is C23H28N4. The normalized spacial score (nSPS) is 21.3. The monoisotopic (exact) mass is 360 g/mol. The number of pyridine rings is 1. The van der Waals surface area contributed by atoms with Gasteiger partial charge in [-0.3, -0.25) is 0 Å². The second-order valence-electron chi connectivity index (χ2n) is 7.93. The Morgan fingerprint density at radius 3 is 2.44 bits per heavy atom. The van der Waals surface area contributed by atoms with E-state index in [4.69, 9.17) is 5.26 Å². The Labute approximate surface area is 162 Å². The number of nitrogens with zero attached hydrogens (tertiary/aromatic N) is 4. The first-order valence-electron chi connectivity index (χ1n) is 10.2. The molecule has 0 spiro atoms. The summed E-state index contributed by atoms with van der Waals surface area (Å²) < 4.78 is 0. The van der Waals surface area contributed by atoms with Gasteiger partial charge in [-0.1, -0.05) is 30.3 Å². The summed E-state index contributed by atoms with van der Waals surface area (Å²) in [7, 11) is 0. The highest BCUT2D eigenvalue weighted by molar-refractivity contribution is 5.42. The van der Waals surface area contributed by atoms with Crippen LogP contribution in [0, 0.1) is 23.2 Å². The first-order valence-corrected chi connectivity index (χ1v) is 10.2. The average Bonchev–Trinajstić information content (AvgIpc) is 3.24. The Morgan fingerprint density at radius 2 is 1.74 bits per heavy atom. The van der Waals surface area contributed by atoms with Crippen LogP contribution in [0.1, 0.15) is 30.4 Å². The van der Waals surface area contributed by atoms with Gasteiger partial charge < -0.3 is 9.80 Å². The molecule has 3 heterocycles. The van der Waals surface area contributed by atoms with Gasteiger partial charge in [-0.15, -0.1) is 0 Å². The molecule has 2 fully saturated rings. The number of nitriles is 1. The van der Waals surface area contributed by atoms with Crippen LogP contribution in [0.15, 0.2) is 48.7 Å². The number of hydrogen-bond acceptors (Lipinski definition) is 4. The molecule has 0 saturated carbocycles. The summed E-state index contributed by atoms with van der Waals surface area (Å²) in [4.78, 5) is 9.51. The maximum atomic E-state index is 8.92. The van der Waals surface area contributed by atoms with Crippen LogP contribution < -0.4 is 4.90 Å². The number of likely N-dealkylation sites (tertiary alicyclic amines) is 1. The number of aromatic nitrogens is 1. The summed E-state index contributed by atoms with van der Waals surface area (Å²) in [5, 5.41) is 8.92. The van der Waals surface area contributed by atoms with Gasteiger partial charge in [0.15, 0.2) is 0 Å². The number of piperidine rings is 1. The van der Waals surface area contributed by atoms with Gasteiger partial charge in [0.05, 0.1) is 5.56 Å². The van der Waals surface area contributed by atoms with E-state index in [-0.39, 0.29) is 0 Å². The zero-order valence-electron chi connectivity index (χ0n) is 15.9. The lowest BCUT2D eigenvalue weighted by Gasteiger charge is -2.35. The molecule has 0 radical (unpaired) electrons. The van der Waals surface area contributed by atoms with Crippen LogP contribution in [0.5, 0.6) is 0 Å². The second kappa shape index (κ2) is 8.54. The molecule has 2 aliphatic rings. The van der Waals surface area contributed by atoms with Crippen molar-refractivity contribution in [3.63, 3.8) is 0 Å². The highest BCUT2D eigenvalue weighted by Gasteiger charge is 2.32. The van der Waals surface area contributed by atoms with Crippen LogP contribution in [-0.4, -0.2) is 42.6 Å². The first-order chi connectivity index (χ1) is 13.3. The Kier molecular flexibility index (Phi) is 5.69. The van der Waals surface area contributed by atoms with Crippen LogP contribution in [-0.2, 0) is 6.42 Å². The molecule has 1 atom stereocenters. The topological polar surface area (TPSA) is 43.2 Å². The zero-order valence-corrected chi connectivity index (χ0v) is 15.9. The minimum Gasteiger partial charge on any atom is -0.356 e. The summed E-state index contributed by atoms with van der Waals surface area (Å²) in [6.45, 7) is 5.88. The van der Waals surface area contributed by atoms with Gasteiger partial charge in [0.2, 0.25) is 0 Å². The third-order valence-electron chi connectivity index (χ3n) is 6.28. The molecule has 27 heavy (non-hydrogen) atoms. The lowest BCUT2D eigenvalue weighted by Crippen LogP contribution is -2.37. The van der Waals surface area contributed by atoms with Gasteiger partial charge in [0.1, 0.15) is 11.9 Å². The number of anilines is 1. The molecule has 2 saturated heterocycles. The van der Waals surface area contributed by atoms with Crippen molar-refractivity contribution in [3.05, 3.63) is 59.8 Å². The molecule has 1 aromatic heterocycles. The van der Waals surface area contributed by atoms with Crippen LogP contribution in [0.3, 0.4) is 0 Å². The van der Waals surface area contributed by atoms with Crippen molar-refractivity contribution in [2.75, 3.05) is 37.6 Å². The fourth-order valence-corrected chi connectivity index (χ4v) is 4.60. The van der Waals surface area contributed by atoms with Crippen LogP contribution in [0.25, 0.3) is 0 Å². The Hall–Kier alpha value is -2.38. The molecular weight excluding hydrogens is 332 g/mol. The van der Waals surface area contributed by atoms with Crippen LogP contribution in [0.2, 0.25) is 0 Å². The van der Waals surface area contributed by atoms with Crippen molar-refractivity contribution in [1.82, 2.24) is 9.88 Å². The van der Waals surface area contributed by atoms with E-state index in [1.807, 2.05) is 12.1 Å². The lowest BCUT2D eigenvalue weighted by molar-refractivity contribution is 0.154. The maximum absolute atomic E-state index is 8.92. The molecule has 2 aromatic rings. The zero-order chi connectivity index (χ0) is 18.5. The second-order valence-corrected chi connectivity index (χ2v) is 7.93. The van der Waals surface area contributed by atoms with E-state index in [0.717, 1.165) is 37.2 Å². The standard InChI is InChI=1S/C23H28N4/c24-16-20-6-7-23(25-17-20)27-15-11-22(18-27)21-9-13-26(14-10-21)12-8-19-4-2-1-3-5-19/h1-7,17,21-22H,8-15,18H2/t22-/m0/s1. The summed E-state index contributed by atoms with van der Waals surface area (Å²) >= 11 is 0. The van der Waals surface area contributed by atoms with Gasteiger partial charge in [0.25, 0.3) is 0 Å². The number of benzene rings is 1. The molecule has 0 amide bonds. The van der Waals surface area contributed by atoms with Gasteiger partial charge in [-0.2, -0.15) is 5.26 Å². The van der Waals surface area contributed by atoms with Gasteiger partial charge in [0, 0.05) is 25.8 Å². The minimum atomic E-state index is 0.636. The average molecular weight is 361 g/mol. The quantitative estimate of drug-likeness (QED) is 0.815. The third-order valence-corrected chi connectivity index (χ3v) is 6.28. The molecule has 0 aliphatic carbocycles. The van der Waals surface area contributed by atoms with Crippen molar-refractivity contribution >= 4 is 5.82 Å². The molecule has 140 valence electrons. The van der Waals surface area contributed by atoms with E-state index in [2.05, 4.69) is 51.2 Å². The van der Waals surface area contributed by atoms with Gasteiger partial charge in [-0.05, 0) is 68.3 Å². The molecule has 2 aliphatic heterocycles. The fraction of sp³-hybridized carbons (Fsp3) is 0.478. The van der Waals surface area contributed by atoms with E-state index < -0.39 is 0 Å². The lowest BCUT2D eigenvalue weighted by atomic mass is 9.83. The largest absolute Gasteiger partial charge is 0.356 e. The van der Waals surface area contributed by atoms with E-state index in [9.17, 15) is 0 Å². The summed E-state index contributed by atoms with van der Waals surface area (Å²) in [6, 6.07) is 16.8. The van der Waals surface area contributed by atoms with Crippen molar-refractivity contribution in [2.24, 2.45) is 11.8 Å². The Morgan fingerprint density at radius 1 is 0.963 bits per heavy atom. The predicted molar refractivity (Wildman–Crippen MR) is 109 cm³/mol. The summed E-state index contributed by atoms with van der Waals surface area (Å²) in [5.74, 6) is 2.66. The third kappa shape index (κ3) is 4.48. The van der Waals surface area contributed by atoms with Gasteiger partial charge >= 0.3 is 0 Å². The van der Waals surface area contributed by atoms with E-state index in [1.54, 1.807) is 6.20 Å². The summed E-state index contributed by atoms with van der Waals surface area (Å²) in [6.07, 6.45) is 6.78. The molecule has 4 nitrogen and oxygen atoms in total. The molecule has 4 heteroatoms. The molecule has 1 aromatic carbocycles. The maximum Gasteiger partial charge on any atom is 0.128 e. The highest BCUT2D eigenvalue weighted by Crippen LogP contribution is 2.33. The predicted octanol–water partition coefficient (Wildman–Crippen LogP) is 3.73. The molecule has 0 unspecified atom stereocenters. The van der Waals surface area contributed by atoms with E-state index >= 15 is 0 Å². The van der Waals surface area contributed by atoms with Gasteiger partial charge in [-0.25, -0.2) is 4.98 Å².